The maximum Gasteiger partial charge on any atom is 0.127 e. The zero-order chi connectivity index (χ0) is 14.2. The van der Waals surface area contributed by atoms with Crippen LogP contribution in [0.2, 0.25) is 0 Å². The Hall–Kier alpha value is -1.44. The van der Waals surface area contributed by atoms with Crippen LogP contribution in [-0.2, 0) is 0 Å². The third-order valence-corrected chi connectivity index (χ3v) is 3.93. The Kier molecular flexibility index (Phi) is 5.97. The van der Waals surface area contributed by atoms with Gasteiger partial charge in [-0.05, 0) is 18.4 Å². The molecule has 1 aliphatic rings. The van der Waals surface area contributed by atoms with E-state index in [4.69, 9.17) is 0 Å². The lowest BCUT2D eigenvalue weighted by Crippen LogP contribution is -2.31. The minimum Gasteiger partial charge on any atom is -0.352 e. The van der Waals surface area contributed by atoms with Gasteiger partial charge >= 0.3 is 0 Å². The average Bonchev–Trinajstić information content (AvgIpc) is 2.88. The standard InChI is InChI=1S/C18H28N2/c1-3-5-6-10-14-20-16-15-19(13-4-2)18(20)17-11-8-7-9-12-17/h7-9,11-12,15-16,18H,3-6,10,13-14H2,1-2H3. The largest absolute Gasteiger partial charge is 0.352 e. The van der Waals surface area contributed by atoms with Gasteiger partial charge in [-0.1, -0.05) is 63.4 Å². The van der Waals surface area contributed by atoms with Gasteiger partial charge in [-0.3, -0.25) is 0 Å². The van der Waals surface area contributed by atoms with Gasteiger partial charge in [0, 0.05) is 25.5 Å². The molecule has 1 heterocycles. The van der Waals surface area contributed by atoms with Crippen molar-refractivity contribution in [2.24, 2.45) is 0 Å². The molecule has 1 atom stereocenters. The lowest BCUT2D eigenvalue weighted by atomic mass is 10.1. The van der Waals surface area contributed by atoms with Crippen LogP contribution in [0.1, 0.15) is 57.7 Å². The van der Waals surface area contributed by atoms with Crippen molar-refractivity contribution in [2.75, 3.05) is 13.1 Å². The van der Waals surface area contributed by atoms with Crippen molar-refractivity contribution >= 4 is 0 Å². The van der Waals surface area contributed by atoms with Crippen LogP contribution >= 0.6 is 0 Å². The Morgan fingerprint density at radius 3 is 2.15 bits per heavy atom. The smallest absolute Gasteiger partial charge is 0.127 e. The zero-order valence-corrected chi connectivity index (χ0v) is 13.0. The topological polar surface area (TPSA) is 6.48 Å². The van der Waals surface area contributed by atoms with E-state index in [2.05, 4.69) is 66.4 Å². The van der Waals surface area contributed by atoms with Crippen LogP contribution in [0.15, 0.2) is 42.7 Å². The molecule has 0 bridgehead atoms. The van der Waals surface area contributed by atoms with E-state index in [0.717, 1.165) is 13.1 Å². The van der Waals surface area contributed by atoms with Gasteiger partial charge in [0.15, 0.2) is 0 Å². The molecule has 0 saturated heterocycles. The van der Waals surface area contributed by atoms with Crippen molar-refractivity contribution in [3.63, 3.8) is 0 Å². The number of benzene rings is 1. The van der Waals surface area contributed by atoms with Crippen LogP contribution in [0.4, 0.5) is 0 Å². The second-order valence-corrected chi connectivity index (χ2v) is 5.62. The second kappa shape index (κ2) is 7.98. The minimum atomic E-state index is 0.401. The van der Waals surface area contributed by atoms with E-state index in [1.165, 1.54) is 37.7 Å². The summed E-state index contributed by atoms with van der Waals surface area (Å²) in [4.78, 5) is 4.97. The summed E-state index contributed by atoms with van der Waals surface area (Å²) in [7, 11) is 0. The van der Waals surface area contributed by atoms with Crippen molar-refractivity contribution < 1.29 is 0 Å². The van der Waals surface area contributed by atoms with Gasteiger partial charge in [0.05, 0.1) is 0 Å². The first-order valence-corrected chi connectivity index (χ1v) is 8.11. The molecule has 1 aliphatic heterocycles. The van der Waals surface area contributed by atoms with Gasteiger partial charge in [0.1, 0.15) is 6.17 Å². The molecule has 0 N–H and O–H groups in total. The number of hydrogen-bond donors (Lipinski definition) is 0. The summed E-state index contributed by atoms with van der Waals surface area (Å²) in [6, 6.07) is 10.9. The van der Waals surface area contributed by atoms with E-state index >= 15 is 0 Å². The molecule has 2 rings (SSSR count). The molecule has 0 aliphatic carbocycles. The van der Waals surface area contributed by atoms with Crippen LogP contribution in [0.5, 0.6) is 0 Å². The van der Waals surface area contributed by atoms with Gasteiger partial charge in [0.25, 0.3) is 0 Å². The summed E-state index contributed by atoms with van der Waals surface area (Å²) in [6.07, 6.45) is 11.4. The van der Waals surface area contributed by atoms with Gasteiger partial charge < -0.3 is 9.80 Å². The Morgan fingerprint density at radius 1 is 0.800 bits per heavy atom. The quantitative estimate of drug-likeness (QED) is 0.629. The summed E-state index contributed by atoms with van der Waals surface area (Å²) >= 11 is 0. The van der Waals surface area contributed by atoms with E-state index in [1.54, 1.807) is 0 Å². The van der Waals surface area contributed by atoms with Crippen LogP contribution in [0, 0.1) is 0 Å². The van der Waals surface area contributed by atoms with Crippen molar-refractivity contribution in [3.8, 4) is 0 Å². The van der Waals surface area contributed by atoms with E-state index in [0.29, 0.717) is 6.17 Å². The maximum atomic E-state index is 2.50. The molecule has 20 heavy (non-hydrogen) atoms. The number of nitrogens with zero attached hydrogens (tertiary/aromatic N) is 2. The molecule has 110 valence electrons. The molecule has 0 radical (unpaired) electrons. The molecular weight excluding hydrogens is 244 g/mol. The van der Waals surface area contributed by atoms with Gasteiger partial charge in [-0.2, -0.15) is 0 Å². The normalized spacial score (nSPS) is 18.0. The monoisotopic (exact) mass is 272 g/mol. The van der Waals surface area contributed by atoms with Crippen molar-refractivity contribution in [2.45, 2.75) is 52.1 Å². The second-order valence-electron chi connectivity index (χ2n) is 5.62. The number of unbranched alkanes of at least 4 members (excludes halogenated alkanes) is 3. The lowest BCUT2D eigenvalue weighted by Gasteiger charge is -2.33. The van der Waals surface area contributed by atoms with E-state index in [9.17, 15) is 0 Å². The lowest BCUT2D eigenvalue weighted by molar-refractivity contribution is 0.152. The van der Waals surface area contributed by atoms with Crippen LogP contribution < -0.4 is 0 Å². The van der Waals surface area contributed by atoms with Gasteiger partial charge in [-0.25, -0.2) is 0 Å². The Balaban J connectivity index is 2.01. The summed E-state index contributed by atoms with van der Waals surface area (Å²) in [5.74, 6) is 0. The number of hydrogen-bond acceptors (Lipinski definition) is 2. The first-order valence-electron chi connectivity index (χ1n) is 8.11. The van der Waals surface area contributed by atoms with E-state index < -0.39 is 0 Å². The van der Waals surface area contributed by atoms with Crippen molar-refractivity contribution in [1.29, 1.82) is 0 Å². The molecular formula is C18H28N2. The fourth-order valence-corrected chi connectivity index (χ4v) is 2.91. The Bertz CT molecular complexity index is 399. The molecule has 0 fully saturated rings. The highest BCUT2D eigenvalue weighted by Crippen LogP contribution is 2.31. The molecule has 2 nitrogen and oxygen atoms in total. The molecule has 0 spiro atoms. The van der Waals surface area contributed by atoms with E-state index in [-0.39, 0.29) is 0 Å². The van der Waals surface area contributed by atoms with Crippen LogP contribution in [0.3, 0.4) is 0 Å². The minimum absolute atomic E-state index is 0.401. The molecule has 0 saturated carbocycles. The first-order chi connectivity index (χ1) is 9.86. The Labute approximate surface area is 124 Å². The fraction of sp³-hybridized carbons (Fsp3) is 0.556. The first kappa shape index (κ1) is 15.0. The third kappa shape index (κ3) is 3.78. The molecule has 1 aromatic rings. The summed E-state index contributed by atoms with van der Waals surface area (Å²) in [5.41, 5.74) is 1.40. The summed E-state index contributed by atoms with van der Waals surface area (Å²) < 4.78 is 0. The predicted octanol–water partition coefficient (Wildman–Crippen LogP) is 4.76. The molecule has 1 unspecified atom stereocenters. The summed E-state index contributed by atoms with van der Waals surface area (Å²) in [5, 5.41) is 0. The zero-order valence-electron chi connectivity index (χ0n) is 13.0. The molecule has 1 aromatic carbocycles. The maximum absolute atomic E-state index is 2.50. The molecule has 2 heteroatoms. The van der Waals surface area contributed by atoms with Crippen molar-refractivity contribution in [3.05, 3.63) is 48.3 Å². The number of rotatable bonds is 8. The molecule has 0 amide bonds. The molecule has 0 aromatic heterocycles. The van der Waals surface area contributed by atoms with Crippen LogP contribution in [0.25, 0.3) is 0 Å². The SMILES string of the molecule is CCCCCCN1C=CN(CCC)C1c1ccccc1. The Morgan fingerprint density at radius 2 is 1.50 bits per heavy atom. The fourth-order valence-electron chi connectivity index (χ4n) is 2.91. The van der Waals surface area contributed by atoms with Gasteiger partial charge in [0.2, 0.25) is 0 Å². The highest BCUT2D eigenvalue weighted by atomic mass is 15.4. The van der Waals surface area contributed by atoms with Crippen LogP contribution in [-0.4, -0.2) is 22.9 Å². The highest BCUT2D eigenvalue weighted by Gasteiger charge is 2.26. The average molecular weight is 272 g/mol. The summed E-state index contributed by atoms with van der Waals surface area (Å²) in [6.45, 7) is 6.81. The third-order valence-electron chi connectivity index (χ3n) is 3.93. The van der Waals surface area contributed by atoms with Crippen molar-refractivity contribution in [1.82, 2.24) is 9.80 Å². The van der Waals surface area contributed by atoms with Gasteiger partial charge in [-0.15, -0.1) is 0 Å². The predicted molar refractivity (Wildman–Crippen MR) is 86.2 cm³/mol. The van der Waals surface area contributed by atoms with E-state index in [1.807, 2.05) is 0 Å². The highest BCUT2D eigenvalue weighted by molar-refractivity contribution is 5.21.